The van der Waals surface area contributed by atoms with Crippen LogP contribution in [0.2, 0.25) is 0 Å². The van der Waals surface area contributed by atoms with Gasteiger partial charge in [-0.2, -0.15) is 11.3 Å². The van der Waals surface area contributed by atoms with Crippen molar-refractivity contribution >= 4 is 33.2 Å². The van der Waals surface area contributed by atoms with Gasteiger partial charge in [0.15, 0.2) is 0 Å². The van der Waals surface area contributed by atoms with Crippen LogP contribution >= 0.6 is 27.3 Å². The zero-order valence-corrected chi connectivity index (χ0v) is 11.3. The molecule has 1 saturated heterocycles. The molecule has 0 saturated carbocycles. The Bertz CT molecular complexity index is 347. The molecule has 0 atom stereocenters. The third kappa shape index (κ3) is 2.64. The molecule has 1 aromatic rings. The molecule has 1 N–H and O–H groups in total. The summed E-state index contributed by atoms with van der Waals surface area (Å²) in [6.07, 6.45) is 1.74. The quantitative estimate of drug-likeness (QED) is 0.871. The molecule has 3 nitrogen and oxygen atoms in total. The standard InChI is InChI=1S/C11H14BrNO2S/c12-8-11(2-4-15-5-3-11)13-10(14)9-1-6-16-7-9/h1,6-7H,2-5,8H2,(H,13,14). The van der Waals surface area contributed by atoms with E-state index in [0.717, 1.165) is 36.9 Å². The fourth-order valence-electron chi connectivity index (χ4n) is 1.76. The van der Waals surface area contributed by atoms with Crippen LogP contribution in [-0.2, 0) is 4.74 Å². The number of amides is 1. The summed E-state index contributed by atoms with van der Waals surface area (Å²) in [5.74, 6) is 0.0163. The third-order valence-corrected chi connectivity index (χ3v) is 4.62. The summed E-state index contributed by atoms with van der Waals surface area (Å²) < 4.78 is 5.33. The van der Waals surface area contributed by atoms with Gasteiger partial charge in [-0.3, -0.25) is 4.79 Å². The normalized spacial score (nSPS) is 19.3. The van der Waals surface area contributed by atoms with Gasteiger partial charge in [0.25, 0.3) is 5.91 Å². The molecule has 0 unspecified atom stereocenters. The van der Waals surface area contributed by atoms with E-state index in [9.17, 15) is 4.79 Å². The van der Waals surface area contributed by atoms with E-state index in [0.29, 0.717) is 0 Å². The van der Waals surface area contributed by atoms with Gasteiger partial charge in [0.2, 0.25) is 0 Å². The van der Waals surface area contributed by atoms with Crippen molar-refractivity contribution in [3.8, 4) is 0 Å². The molecule has 1 amide bonds. The number of ether oxygens (including phenoxy) is 1. The average Bonchev–Trinajstić information content (AvgIpc) is 2.84. The number of alkyl halides is 1. The minimum Gasteiger partial charge on any atom is -0.381 e. The maximum Gasteiger partial charge on any atom is 0.252 e. The van der Waals surface area contributed by atoms with Crippen LogP contribution in [0.25, 0.3) is 0 Å². The van der Waals surface area contributed by atoms with Gasteiger partial charge >= 0.3 is 0 Å². The van der Waals surface area contributed by atoms with E-state index in [-0.39, 0.29) is 11.4 Å². The second-order valence-electron chi connectivity index (χ2n) is 3.99. The second kappa shape index (κ2) is 5.29. The molecule has 1 aliphatic rings. The summed E-state index contributed by atoms with van der Waals surface area (Å²) in [6, 6.07) is 1.85. The monoisotopic (exact) mass is 303 g/mol. The Labute approximate surface area is 107 Å². The number of hydrogen-bond donors (Lipinski definition) is 1. The van der Waals surface area contributed by atoms with Gasteiger partial charge in [-0.25, -0.2) is 0 Å². The van der Waals surface area contributed by atoms with Crippen LogP contribution < -0.4 is 5.32 Å². The molecule has 0 spiro atoms. The van der Waals surface area contributed by atoms with Crippen LogP contribution in [0, 0.1) is 0 Å². The van der Waals surface area contributed by atoms with Crippen LogP contribution in [0.5, 0.6) is 0 Å². The van der Waals surface area contributed by atoms with Gasteiger partial charge in [0.05, 0.1) is 11.1 Å². The fourth-order valence-corrected chi connectivity index (χ4v) is 3.10. The van der Waals surface area contributed by atoms with Crippen molar-refractivity contribution in [3.05, 3.63) is 22.4 Å². The first kappa shape index (κ1) is 12.1. The fraction of sp³-hybridized carbons (Fsp3) is 0.545. The van der Waals surface area contributed by atoms with Crippen LogP contribution in [0.15, 0.2) is 16.8 Å². The Balaban J connectivity index is 2.03. The smallest absolute Gasteiger partial charge is 0.252 e. The van der Waals surface area contributed by atoms with Crippen molar-refractivity contribution in [2.75, 3.05) is 18.5 Å². The molecular weight excluding hydrogens is 290 g/mol. The Morgan fingerprint density at radius 2 is 2.31 bits per heavy atom. The largest absolute Gasteiger partial charge is 0.381 e. The van der Waals surface area contributed by atoms with E-state index in [1.54, 1.807) is 0 Å². The summed E-state index contributed by atoms with van der Waals surface area (Å²) in [5, 5.41) is 7.69. The van der Waals surface area contributed by atoms with Crippen molar-refractivity contribution in [2.24, 2.45) is 0 Å². The predicted molar refractivity (Wildman–Crippen MR) is 68.4 cm³/mol. The predicted octanol–water partition coefficient (Wildman–Crippen LogP) is 2.42. The summed E-state index contributed by atoms with van der Waals surface area (Å²) in [7, 11) is 0. The SMILES string of the molecule is O=C(NC1(CBr)CCOCC1)c1ccsc1. The number of thiophene rings is 1. The Kier molecular flexibility index (Phi) is 4.00. The summed E-state index contributed by atoms with van der Waals surface area (Å²) in [4.78, 5) is 12.0. The minimum absolute atomic E-state index is 0.0163. The lowest BCUT2D eigenvalue weighted by Crippen LogP contribution is -2.53. The van der Waals surface area contributed by atoms with E-state index >= 15 is 0 Å². The van der Waals surface area contributed by atoms with E-state index in [1.807, 2.05) is 16.8 Å². The van der Waals surface area contributed by atoms with E-state index in [1.165, 1.54) is 11.3 Å². The highest BCUT2D eigenvalue weighted by molar-refractivity contribution is 9.09. The van der Waals surface area contributed by atoms with Crippen molar-refractivity contribution in [2.45, 2.75) is 18.4 Å². The number of halogens is 1. The lowest BCUT2D eigenvalue weighted by atomic mass is 9.92. The molecule has 0 aromatic carbocycles. The molecule has 0 radical (unpaired) electrons. The molecular formula is C11H14BrNO2S. The molecule has 2 heterocycles. The van der Waals surface area contributed by atoms with Gasteiger partial charge in [-0.05, 0) is 24.3 Å². The summed E-state index contributed by atoms with van der Waals surface area (Å²) in [5.41, 5.74) is 0.605. The third-order valence-electron chi connectivity index (χ3n) is 2.87. The Morgan fingerprint density at radius 3 is 2.88 bits per heavy atom. The van der Waals surface area contributed by atoms with E-state index < -0.39 is 0 Å². The molecule has 5 heteroatoms. The van der Waals surface area contributed by atoms with Gasteiger partial charge in [0, 0.05) is 23.9 Å². The maximum atomic E-state index is 12.0. The van der Waals surface area contributed by atoms with Crippen LogP contribution in [0.4, 0.5) is 0 Å². The summed E-state index contributed by atoms with van der Waals surface area (Å²) in [6.45, 7) is 1.44. The minimum atomic E-state index is -0.142. The maximum absolute atomic E-state index is 12.0. The van der Waals surface area contributed by atoms with Gasteiger partial charge in [-0.1, -0.05) is 15.9 Å². The second-order valence-corrected chi connectivity index (χ2v) is 5.33. The molecule has 0 bridgehead atoms. The molecule has 0 aliphatic carbocycles. The van der Waals surface area contributed by atoms with E-state index in [2.05, 4.69) is 21.2 Å². The zero-order valence-electron chi connectivity index (χ0n) is 8.87. The first-order valence-corrected chi connectivity index (χ1v) is 7.31. The molecule has 88 valence electrons. The zero-order chi connectivity index (χ0) is 11.4. The molecule has 1 aliphatic heterocycles. The first-order chi connectivity index (χ1) is 7.76. The molecule has 2 rings (SSSR count). The molecule has 1 aromatic heterocycles. The van der Waals surface area contributed by atoms with Gasteiger partial charge < -0.3 is 10.1 Å². The summed E-state index contributed by atoms with van der Waals surface area (Å²) >= 11 is 5.03. The van der Waals surface area contributed by atoms with Crippen molar-refractivity contribution in [1.82, 2.24) is 5.32 Å². The van der Waals surface area contributed by atoms with Crippen molar-refractivity contribution in [1.29, 1.82) is 0 Å². The molecule has 16 heavy (non-hydrogen) atoms. The molecule has 1 fully saturated rings. The van der Waals surface area contributed by atoms with Gasteiger partial charge in [-0.15, -0.1) is 0 Å². The number of carbonyl (C=O) groups is 1. The highest BCUT2D eigenvalue weighted by Gasteiger charge is 2.33. The number of carbonyl (C=O) groups excluding carboxylic acids is 1. The lowest BCUT2D eigenvalue weighted by molar-refractivity contribution is 0.0442. The van der Waals surface area contributed by atoms with Crippen molar-refractivity contribution in [3.63, 3.8) is 0 Å². The average molecular weight is 304 g/mol. The highest BCUT2D eigenvalue weighted by atomic mass is 79.9. The number of nitrogens with one attached hydrogen (secondary N) is 1. The van der Waals surface area contributed by atoms with Crippen molar-refractivity contribution < 1.29 is 9.53 Å². The lowest BCUT2D eigenvalue weighted by Gasteiger charge is -2.36. The van der Waals surface area contributed by atoms with Crippen LogP contribution in [0.3, 0.4) is 0 Å². The number of hydrogen-bond acceptors (Lipinski definition) is 3. The topological polar surface area (TPSA) is 38.3 Å². The first-order valence-electron chi connectivity index (χ1n) is 5.24. The van der Waals surface area contributed by atoms with Crippen LogP contribution in [-0.4, -0.2) is 30.0 Å². The Morgan fingerprint density at radius 1 is 1.56 bits per heavy atom. The number of rotatable bonds is 3. The van der Waals surface area contributed by atoms with Crippen LogP contribution in [0.1, 0.15) is 23.2 Å². The highest BCUT2D eigenvalue weighted by Crippen LogP contribution is 2.23. The Hall–Kier alpha value is -0.390. The van der Waals surface area contributed by atoms with E-state index in [4.69, 9.17) is 4.74 Å². The van der Waals surface area contributed by atoms with Gasteiger partial charge in [0.1, 0.15) is 0 Å².